The minimum atomic E-state index is -0.180. The number of rotatable bonds is 2. The Labute approximate surface area is 72.4 Å². The van der Waals surface area contributed by atoms with Crippen molar-refractivity contribution in [3.8, 4) is 11.8 Å². The first-order valence-corrected chi connectivity index (χ1v) is 3.97. The maximum atomic E-state index is 12.4. The zero-order valence-corrected chi connectivity index (χ0v) is 7.10. The van der Waals surface area contributed by atoms with Crippen molar-refractivity contribution < 1.29 is 4.39 Å². The standard InChI is InChI=1S/C11H11F/c1-2-3-4-5-10-6-8-11(12)9-7-10/h6-9H,4-5H2,1H3. The molecule has 0 unspecified atom stereocenters. The van der Waals surface area contributed by atoms with E-state index in [1.54, 1.807) is 12.1 Å². The molecule has 0 nitrogen and oxygen atoms in total. The van der Waals surface area contributed by atoms with Crippen molar-refractivity contribution in [3.63, 3.8) is 0 Å². The van der Waals surface area contributed by atoms with E-state index in [4.69, 9.17) is 0 Å². The van der Waals surface area contributed by atoms with Crippen LogP contribution in [0.4, 0.5) is 4.39 Å². The Kier molecular flexibility index (Phi) is 3.35. The largest absolute Gasteiger partial charge is 0.207 e. The number of halogens is 1. The Morgan fingerprint density at radius 2 is 1.92 bits per heavy atom. The Morgan fingerprint density at radius 1 is 1.25 bits per heavy atom. The highest BCUT2D eigenvalue weighted by molar-refractivity contribution is 5.17. The van der Waals surface area contributed by atoms with E-state index in [-0.39, 0.29) is 5.82 Å². The van der Waals surface area contributed by atoms with Crippen molar-refractivity contribution in [1.29, 1.82) is 0 Å². The van der Waals surface area contributed by atoms with Crippen LogP contribution in [0.5, 0.6) is 0 Å². The summed E-state index contributed by atoms with van der Waals surface area (Å²) in [6.07, 6.45) is 1.75. The molecule has 0 saturated heterocycles. The average molecular weight is 162 g/mol. The molecule has 0 aliphatic carbocycles. The summed E-state index contributed by atoms with van der Waals surface area (Å²) < 4.78 is 12.4. The highest BCUT2D eigenvalue weighted by Gasteiger charge is 1.91. The molecule has 0 bridgehead atoms. The lowest BCUT2D eigenvalue weighted by Crippen LogP contribution is -1.83. The molecule has 0 heterocycles. The van der Waals surface area contributed by atoms with Crippen LogP contribution in [0, 0.1) is 17.7 Å². The van der Waals surface area contributed by atoms with Crippen LogP contribution in [0.2, 0.25) is 0 Å². The molecule has 1 rings (SSSR count). The molecule has 12 heavy (non-hydrogen) atoms. The van der Waals surface area contributed by atoms with Crippen LogP contribution in [0.25, 0.3) is 0 Å². The molecule has 0 aliphatic rings. The summed E-state index contributed by atoms with van der Waals surface area (Å²) in [6.45, 7) is 1.82. The second-order valence-corrected chi connectivity index (χ2v) is 2.55. The van der Waals surface area contributed by atoms with Gasteiger partial charge in [-0.3, -0.25) is 0 Å². The van der Waals surface area contributed by atoms with Crippen LogP contribution in [0.15, 0.2) is 24.3 Å². The molecule has 0 aromatic heterocycles. The molecular formula is C11H11F. The molecule has 0 saturated carbocycles. The molecule has 0 fully saturated rings. The SMILES string of the molecule is CC#CCCc1ccc(F)cc1. The lowest BCUT2D eigenvalue weighted by atomic mass is 10.1. The monoisotopic (exact) mass is 162 g/mol. The first-order chi connectivity index (χ1) is 5.83. The van der Waals surface area contributed by atoms with E-state index in [9.17, 15) is 4.39 Å². The smallest absolute Gasteiger partial charge is 0.123 e. The van der Waals surface area contributed by atoms with E-state index in [0.717, 1.165) is 18.4 Å². The highest BCUT2D eigenvalue weighted by atomic mass is 19.1. The van der Waals surface area contributed by atoms with Gasteiger partial charge in [-0.15, -0.1) is 11.8 Å². The van der Waals surface area contributed by atoms with Gasteiger partial charge in [0.05, 0.1) is 0 Å². The first-order valence-electron chi connectivity index (χ1n) is 3.97. The van der Waals surface area contributed by atoms with Gasteiger partial charge in [0.15, 0.2) is 0 Å². The van der Waals surface area contributed by atoms with Crippen molar-refractivity contribution in [2.45, 2.75) is 19.8 Å². The molecular weight excluding hydrogens is 151 g/mol. The average Bonchev–Trinajstić information content (AvgIpc) is 2.09. The van der Waals surface area contributed by atoms with Crippen molar-refractivity contribution in [2.24, 2.45) is 0 Å². The second-order valence-electron chi connectivity index (χ2n) is 2.55. The van der Waals surface area contributed by atoms with Gasteiger partial charge in [-0.1, -0.05) is 12.1 Å². The Hall–Kier alpha value is -1.29. The van der Waals surface area contributed by atoms with Gasteiger partial charge in [0.2, 0.25) is 0 Å². The fourth-order valence-corrected chi connectivity index (χ4v) is 0.983. The van der Waals surface area contributed by atoms with Gasteiger partial charge >= 0.3 is 0 Å². The number of hydrogen-bond acceptors (Lipinski definition) is 0. The van der Waals surface area contributed by atoms with Crippen LogP contribution in [0.1, 0.15) is 18.9 Å². The fourth-order valence-electron chi connectivity index (χ4n) is 0.983. The van der Waals surface area contributed by atoms with Gasteiger partial charge in [0.1, 0.15) is 5.82 Å². The minimum absolute atomic E-state index is 0.180. The van der Waals surface area contributed by atoms with Gasteiger partial charge in [0.25, 0.3) is 0 Å². The summed E-state index contributed by atoms with van der Waals surface area (Å²) in [5.41, 5.74) is 1.14. The molecule has 0 atom stereocenters. The van der Waals surface area contributed by atoms with E-state index < -0.39 is 0 Å². The third-order valence-electron chi connectivity index (χ3n) is 1.63. The molecule has 0 radical (unpaired) electrons. The maximum Gasteiger partial charge on any atom is 0.123 e. The third-order valence-corrected chi connectivity index (χ3v) is 1.63. The Bertz CT molecular complexity index is 287. The quantitative estimate of drug-likeness (QED) is 0.586. The molecule has 1 heteroatoms. The van der Waals surface area contributed by atoms with E-state index in [1.807, 2.05) is 6.92 Å². The van der Waals surface area contributed by atoms with Gasteiger partial charge in [-0.2, -0.15) is 0 Å². The molecule has 1 aromatic carbocycles. The molecule has 1 aromatic rings. The molecule has 0 aliphatic heterocycles. The van der Waals surface area contributed by atoms with E-state index in [1.165, 1.54) is 12.1 Å². The molecule has 62 valence electrons. The zero-order valence-electron chi connectivity index (χ0n) is 7.10. The Morgan fingerprint density at radius 3 is 2.50 bits per heavy atom. The van der Waals surface area contributed by atoms with Crippen molar-refractivity contribution >= 4 is 0 Å². The van der Waals surface area contributed by atoms with Crippen LogP contribution in [-0.2, 0) is 6.42 Å². The summed E-state index contributed by atoms with van der Waals surface area (Å²) in [6, 6.07) is 6.56. The molecule has 0 spiro atoms. The number of benzene rings is 1. The lowest BCUT2D eigenvalue weighted by molar-refractivity contribution is 0.627. The minimum Gasteiger partial charge on any atom is -0.207 e. The number of hydrogen-bond donors (Lipinski definition) is 0. The zero-order chi connectivity index (χ0) is 8.81. The topological polar surface area (TPSA) is 0 Å². The fraction of sp³-hybridized carbons (Fsp3) is 0.273. The summed E-state index contributed by atoms with van der Waals surface area (Å²) in [5, 5.41) is 0. The van der Waals surface area contributed by atoms with Crippen LogP contribution in [0.3, 0.4) is 0 Å². The predicted molar refractivity (Wildman–Crippen MR) is 48.2 cm³/mol. The van der Waals surface area contributed by atoms with E-state index in [2.05, 4.69) is 11.8 Å². The van der Waals surface area contributed by atoms with Crippen molar-refractivity contribution in [2.75, 3.05) is 0 Å². The summed E-state index contributed by atoms with van der Waals surface area (Å²) in [7, 11) is 0. The molecule has 0 N–H and O–H groups in total. The van der Waals surface area contributed by atoms with Gasteiger partial charge < -0.3 is 0 Å². The van der Waals surface area contributed by atoms with Crippen molar-refractivity contribution in [1.82, 2.24) is 0 Å². The Balaban J connectivity index is 2.51. The third kappa shape index (κ3) is 2.75. The lowest BCUT2D eigenvalue weighted by Gasteiger charge is -1.95. The normalized spacial score (nSPS) is 8.83. The highest BCUT2D eigenvalue weighted by Crippen LogP contribution is 2.04. The predicted octanol–water partition coefficient (Wildman–Crippen LogP) is 2.78. The van der Waals surface area contributed by atoms with Crippen LogP contribution in [-0.4, -0.2) is 0 Å². The van der Waals surface area contributed by atoms with E-state index in [0.29, 0.717) is 0 Å². The van der Waals surface area contributed by atoms with Gasteiger partial charge in [-0.25, -0.2) is 4.39 Å². The summed E-state index contributed by atoms with van der Waals surface area (Å²) in [4.78, 5) is 0. The molecule has 0 amide bonds. The maximum absolute atomic E-state index is 12.4. The van der Waals surface area contributed by atoms with Crippen LogP contribution < -0.4 is 0 Å². The number of aryl methyl sites for hydroxylation is 1. The van der Waals surface area contributed by atoms with Gasteiger partial charge in [0, 0.05) is 6.42 Å². The van der Waals surface area contributed by atoms with Crippen molar-refractivity contribution in [3.05, 3.63) is 35.6 Å². The first kappa shape index (κ1) is 8.80. The van der Waals surface area contributed by atoms with Crippen LogP contribution >= 0.6 is 0 Å². The van der Waals surface area contributed by atoms with E-state index >= 15 is 0 Å². The second kappa shape index (κ2) is 4.56. The summed E-state index contributed by atoms with van der Waals surface area (Å²) >= 11 is 0. The summed E-state index contributed by atoms with van der Waals surface area (Å²) in [5.74, 6) is 5.61. The van der Waals surface area contributed by atoms with Gasteiger partial charge in [-0.05, 0) is 31.0 Å².